The van der Waals surface area contributed by atoms with Crippen molar-refractivity contribution in [3.05, 3.63) is 119 Å². The fourth-order valence-corrected chi connectivity index (χ4v) is 12.7. The molecule has 1 aromatic heterocycles. The van der Waals surface area contributed by atoms with E-state index in [1.54, 1.807) is 80.7 Å². The Morgan fingerprint density at radius 2 is 1.21 bits per heavy atom. The smallest absolute Gasteiger partial charge is 0.245 e. The molecule has 4 heterocycles. The molecule has 8 rings (SSSR count). The molecule has 11 atom stereocenters. The maximum Gasteiger partial charge on any atom is 0.245 e. The second kappa shape index (κ2) is 37.1. The third kappa shape index (κ3) is 22.7. The molecule has 32 nitrogen and oxygen atoms in total. The number of amides is 14. The van der Waals surface area contributed by atoms with Crippen LogP contribution in [0.15, 0.2) is 102 Å². The van der Waals surface area contributed by atoms with Crippen molar-refractivity contribution in [2.75, 3.05) is 26.2 Å². The third-order valence-electron chi connectivity index (χ3n) is 18.0. The van der Waals surface area contributed by atoms with Crippen molar-refractivity contribution in [3.8, 4) is 0 Å². The first-order valence-corrected chi connectivity index (χ1v) is 34.9. The quantitative estimate of drug-likeness (QED) is 0.0334. The van der Waals surface area contributed by atoms with E-state index in [-0.39, 0.29) is 76.3 Å². The van der Waals surface area contributed by atoms with Gasteiger partial charge in [-0.2, -0.15) is 0 Å². The molecule has 0 aliphatic carbocycles. The Balaban J connectivity index is 1.24. The van der Waals surface area contributed by atoms with Crippen molar-refractivity contribution >= 4 is 122 Å². The number of nitrogens with one attached hydrogen (secondary N) is 13. The van der Waals surface area contributed by atoms with Crippen LogP contribution in [0.25, 0.3) is 21.7 Å². The number of guanidine groups is 1. The lowest BCUT2D eigenvalue weighted by atomic mass is 9.98. The first kappa shape index (κ1) is 78.5. The monoisotopic (exact) mass is 1450 g/mol. The minimum Gasteiger partial charge on any atom is -0.370 e. The molecule has 2 bridgehead atoms. The van der Waals surface area contributed by atoms with Gasteiger partial charge in [0.15, 0.2) is 5.96 Å². The summed E-state index contributed by atoms with van der Waals surface area (Å²) in [6, 6.07) is 8.81. The molecule has 3 fully saturated rings. The molecule has 0 unspecified atom stereocenters. The molecule has 3 saturated heterocycles. The average molecular weight is 1460 g/mol. The first-order valence-electron chi connectivity index (χ1n) is 34.6. The van der Waals surface area contributed by atoms with Gasteiger partial charge >= 0.3 is 0 Å². The van der Waals surface area contributed by atoms with Crippen molar-refractivity contribution in [1.82, 2.24) is 73.7 Å². The molecule has 104 heavy (non-hydrogen) atoms. The van der Waals surface area contributed by atoms with Crippen molar-refractivity contribution in [3.63, 3.8) is 0 Å². The summed E-state index contributed by atoms with van der Waals surface area (Å²) in [5.74, 6) is -13.6. The van der Waals surface area contributed by atoms with Gasteiger partial charge in [-0.15, -0.1) is 0 Å². The van der Waals surface area contributed by atoms with Gasteiger partial charge in [-0.3, -0.25) is 72.1 Å². The molecular formula is C71H91ClN18O14. The molecule has 19 N–H and O–H groups in total. The minimum atomic E-state index is -2.04. The number of para-hydroxylation sites is 1. The number of fused-ring (bicyclic) bond motifs is 6. The van der Waals surface area contributed by atoms with Crippen LogP contribution < -0.4 is 81.0 Å². The van der Waals surface area contributed by atoms with E-state index in [0.29, 0.717) is 39.0 Å². The second-order valence-electron chi connectivity index (χ2n) is 26.6. The van der Waals surface area contributed by atoms with E-state index >= 15 is 24.0 Å². The normalized spacial score (nSPS) is 24.6. The number of carbonyl (C=O) groups is 14. The molecule has 0 saturated carbocycles. The van der Waals surface area contributed by atoms with Crippen LogP contribution in [0.4, 0.5) is 0 Å². The van der Waals surface area contributed by atoms with Crippen LogP contribution in [-0.4, -0.2) is 191 Å². The van der Waals surface area contributed by atoms with Crippen LogP contribution in [0, 0.1) is 5.92 Å². The standard InChI is InChI=1S/C71H91ClN18O14/c1-37(2)29-51-64(98)83-50(15-9-26-77-71(74)75)70(104)90-28-10-16-57(90)69(103)89-56(60(73)94)36-79-59(93)34-55-68(102)82-49(63(97)86-53(66(100)84-51)32-41-17-20-42-11-5-6-12-43(42)30-41)25-27-76-61(95)38(3)80-58(92)24-23-48(81-39(4)91)62(96)85-52(31-40-18-21-45(72)22-19-40)65(99)87-54(67(101)88-55)33-44-35-78-47-14-8-7-13-46(44)47/h5-8,11-14,17-22,30,35,37-38,48-57,78H,9-10,15-16,23-29,31-34,36H2,1-4H3,(H2,73,94)(H,76,95)(H,79,93)(H,80,92)(H,81,91)(H,82,102)(H,83,98)(H,84,100)(H,85,96)(H,86,97)(H,87,99)(H,88,101)(H,89,103)(H4,74,75,77)/t38-,48-,49-,50+,51-,52+,53-,54-,55-,56-,57-/m1/s1. The highest BCUT2D eigenvalue weighted by Gasteiger charge is 2.41. The van der Waals surface area contributed by atoms with Crippen LogP contribution in [-0.2, 0) is 86.4 Å². The largest absolute Gasteiger partial charge is 0.370 e. The maximum absolute atomic E-state index is 15.4. The highest BCUT2D eigenvalue weighted by Crippen LogP contribution is 2.24. The molecule has 4 aromatic carbocycles. The first-order chi connectivity index (χ1) is 49.6. The second-order valence-corrected chi connectivity index (χ2v) is 27.0. The Labute approximate surface area is 604 Å². The maximum atomic E-state index is 15.4. The predicted octanol–water partition coefficient (Wildman–Crippen LogP) is -1.71. The summed E-state index contributed by atoms with van der Waals surface area (Å²) in [7, 11) is 0. The summed E-state index contributed by atoms with van der Waals surface area (Å²) < 4.78 is 0. The van der Waals surface area contributed by atoms with Gasteiger partial charge in [-0.25, -0.2) is 0 Å². The van der Waals surface area contributed by atoms with Gasteiger partial charge in [0.1, 0.15) is 66.5 Å². The van der Waals surface area contributed by atoms with Crippen molar-refractivity contribution in [1.29, 1.82) is 0 Å². The van der Waals surface area contributed by atoms with E-state index in [0.717, 1.165) is 17.7 Å². The number of benzene rings is 4. The number of hydrogen-bond acceptors (Lipinski definition) is 15. The van der Waals surface area contributed by atoms with E-state index < -0.39 is 182 Å². The lowest BCUT2D eigenvalue weighted by Gasteiger charge is -2.31. The molecule has 5 aromatic rings. The lowest BCUT2D eigenvalue weighted by Crippen LogP contribution is -2.61. The fraction of sp³-hybridized carbons (Fsp3) is 0.451. The molecule has 556 valence electrons. The van der Waals surface area contributed by atoms with Crippen LogP contribution >= 0.6 is 11.6 Å². The Kier molecular flexibility index (Phi) is 28.0. The van der Waals surface area contributed by atoms with Gasteiger partial charge in [0.2, 0.25) is 82.7 Å². The molecule has 33 heteroatoms. The number of primary amides is 1. The van der Waals surface area contributed by atoms with Crippen LogP contribution in [0.2, 0.25) is 5.02 Å². The molecule has 14 amide bonds. The van der Waals surface area contributed by atoms with E-state index in [9.17, 15) is 43.2 Å². The summed E-state index contributed by atoms with van der Waals surface area (Å²) in [5, 5.41) is 34.1. The number of aromatic amines is 1. The predicted molar refractivity (Wildman–Crippen MR) is 383 cm³/mol. The third-order valence-corrected chi connectivity index (χ3v) is 18.3. The Bertz CT molecular complexity index is 4050. The van der Waals surface area contributed by atoms with E-state index in [1.165, 1.54) is 24.0 Å². The van der Waals surface area contributed by atoms with Gasteiger partial charge in [-0.05, 0) is 103 Å². The summed E-state index contributed by atoms with van der Waals surface area (Å²) >= 11 is 6.25. The molecule has 0 radical (unpaired) electrons. The van der Waals surface area contributed by atoms with E-state index in [4.69, 9.17) is 28.8 Å². The number of carbonyl (C=O) groups excluding carboxylic acids is 14. The lowest BCUT2D eigenvalue weighted by molar-refractivity contribution is -0.142. The number of nitrogens with two attached hydrogens (primary N) is 3. The van der Waals surface area contributed by atoms with Crippen molar-refractivity contribution in [2.24, 2.45) is 28.1 Å². The molecular weight excluding hydrogens is 1360 g/mol. The Hall–Kier alpha value is -11.2. The van der Waals surface area contributed by atoms with Crippen LogP contribution in [0.3, 0.4) is 0 Å². The van der Waals surface area contributed by atoms with Gasteiger partial charge < -0.3 is 90.9 Å². The van der Waals surface area contributed by atoms with Crippen molar-refractivity contribution in [2.45, 2.75) is 171 Å². The number of rotatable bonds is 14. The summed E-state index contributed by atoms with van der Waals surface area (Å²) in [6.07, 6.45) is -1.11. The summed E-state index contributed by atoms with van der Waals surface area (Å²) in [5.41, 5.74) is 19.1. The van der Waals surface area contributed by atoms with Crippen LogP contribution in [0.5, 0.6) is 0 Å². The van der Waals surface area contributed by atoms with Gasteiger partial charge in [0, 0.05) is 80.9 Å². The topological polar surface area (TPSA) is 493 Å². The van der Waals surface area contributed by atoms with E-state index in [1.807, 2.05) is 18.2 Å². The SMILES string of the molecule is CC(=O)N[C@@H]1CCC(=O)N[C@H](C)C(=O)NCC[C@H]2NC(=O)[C@@H](CC(=O)NC[C@H](C(N)=O)NC(=O)[C@H]3CCCN3C(=O)[C@H](CCCN=C(N)N)NC(=O)[C@@H](CC(C)C)NC(=O)[C@@H](Cc3ccc4ccccc4c3)NC2=O)NC(=O)[C@@H](Cc2c[nH]c3ccccc23)NC(=O)[C@H](Cc2ccc(Cl)cc2)NC1=O. The van der Waals surface area contributed by atoms with Crippen molar-refractivity contribution < 1.29 is 67.1 Å². The summed E-state index contributed by atoms with van der Waals surface area (Å²) in [6.45, 7) is 4.92. The van der Waals surface area contributed by atoms with E-state index in [2.05, 4.69) is 73.8 Å². The minimum absolute atomic E-state index is 0.0184. The molecule has 3 aliphatic heterocycles. The number of nitrogens with zero attached hydrogens (tertiary/aromatic N) is 2. The van der Waals surface area contributed by atoms with Gasteiger partial charge in [0.25, 0.3) is 0 Å². The molecule has 3 aliphatic rings. The number of halogens is 1. The fourth-order valence-electron chi connectivity index (χ4n) is 12.6. The average Bonchev–Trinajstić information content (AvgIpc) is 1.54. The zero-order valence-electron chi connectivity index (χ0n) is 58.2. The Morgan fingerprint density at radius 1 is 0.606 bits per heavy atom. The van der Waals surface area contributed by atoms with Gasteiger partial charge in [0.05, 0.1) is 6.42 Å². The zero-order valence-corrected chi connectivity index (χ0v) is 59.0. The highest BCUT2D eigenvalue weighted by molar-refractivity contribution is 6.30. The highest BCUT2D eigenvalue weighted by atomic mass is 35.5. The van der Waals surface area contributed by atoms with Crippen LogP contribution in [0.1, 0.15) is 102 Å². The van der Waals surface area contributed by atoms with Gasteiger partial charge in [-0.1, -0.05) is 98.2 Å². The number of aromatic nitrogens is 1. The molecule has 0 spiro atoms. The number of H-pyrrole nitrogens is 1. The number of hydrogen-bond donors (Lipinski definition) is 16. The zero-order chi connectivity index (χ0) is 75.3. The Morgan fingerprint density at radius 3 is 1.91 bits per heavy atom. The summed E-state index contributed by atoms with van der Waals surface area (Å²) in [4.78, 5) is 211. The number of aliphatic imine (C=N–C) groups is 1.